The van der Waals surface area contributed by atoms with Crippen molar-refractivity contribution in [2.24, 2.45) is 5.92 Å². The number of hydrogen-bond acceptors (Lipinski definition) is 2. The molecule has 1 atom stereocenters. The highest BCUT2D eigenvalue weighted by Crippen LogP contribution is 1.96. The molecular formula is C10H23N3O. The molecule has 0 aliphatic carbocycles. The lowest BCUT2D eigenvalue weighted by Crippen LogP contribution is -2.39. The summed E-state index contributed by atoms with van der Waals surface area (Å²) < 4.78 is 0. The van der Waals surface area contributed by atoms with Crippen LogP contribution in [0.2, 0.25) is 0 Å². The SMILES string of the molecule is CCC(C)CNCCNC(=O)N(C)C. The van der Waals surface area contributed by atoms with Crippen molar-refractivity contribution in [1.82, 2.24) is 15.5 Å². The molecule has 0 saturated carbocycles. The molecule has 0 aliphatic heterocycles. The summed E-state index contributed by atoms with van der Waals surface area (Å²) >= 11 is 0. The fourth-order valence-corrected chi connectivity index (χ4v) is 0.909. The highest BCUT2D eigenvalue weighted by atomic mass is 16.2. The molecule has 0 bridgehead atoms. The number of nitrogens with zero attached hydrogens (tertiary/aromatic N) is 1. The second-order valence-corrected chi connectivity index (χ2v) is 3.84. The molecule has 4 heteroatoms. The van der Waals surface area contributed by atoms with Crippen LogP contribution in [0, 0.1) is 5.92 Å². The average Bonchev–Trinajstić information content (AvgIpc) is 2.16. The van der Waals surface area contributed by atoms with Gasteiger partial charge >= 0.3 is 6.03 Å². The highest BCUT2D eigenvalue weighted by Gasteiger charge is 2.01. The normalized spacial score (nSPS) is 12.3. The third kappa shape index (κ3) is 6.71. The summed E-state index contributed by atoms with van der Waals surface area (Å²) in [6.45, 7) is 6.94. The van der Waals surface area contributed by atoms with Crippen LogP contribution in [-0.2, 0) is 0 Å². The Labute approximate surface area is 87.0 Å². The Hall–Kier alpha value is -0.770. The molecule has 4 nitrogen and oxygen atoms in total. The first-order valence-electron chi connectivity index (χ1n) is 5.23. The third-order valence-electron chi connectivity index (χ3n) is 2.17. The average molecular weight is 201 g/mol. The van der Waals surface area contributed by atoms with Crippen molar-refractivity contribution >= 4 is 6.03 Å². The molecule has 0 saturated heterocycles. The van der Waals surface area contributed by atoms with Crippen molar-refractivity contribution < 1.29 is 4.79 Å². The Morgan fingerprint density at radius 3 is 2.50 bits per heavy atom. The van der Waals surface area contributed by atoms with Crippen molar-refractivity contribution in [1.29, 1.82) is 0 Å². The first-order chi connectivity index (χ1) is 6.57. The van der Waals surface area contributed by atoms with Gasteiger partial charge in [-0.05, 0) is 12.5 Å². The topological polar surface area (TPSA) is 44.4 Å². The van der Waals surface area contributed by atoms with Crippen molar-refractivity contribution in [3.8, 4) is 0 Å². The Kier molecular flexibility index (Phi) is 7.20. The number of carbonyl (C=O) groups excluding carboxylic acids is 1. The molecule has 2 amide bonds. The van der Waals surface area contributed by atoms with E-state index in [9.17, 15) is 4.79 Å². The van der Waals surface area contributed by atoms with Crippen LogP contribution in [0.15, 0.2) is 0 Å². The van der Waals surface area contributed by atoms with Gasteiger partial charge in [-0.15, -0.1) is 0 Å². The maximum Gasteiger partial charge on any atom is 0.316 e. The van der Waals surface area contributed by atoms with Gasteiger partial charge in [-0.3, -0.25) is 0 Å². The van der Waals surface area contributed by atoms with Gasteiger partial charge in [-0.25, -0.2) is 4.79 Å². The number of amides is 2. The predicted molar refractivity (Wildman–Crippen MR) is 59.4 cm³/mol. The molecule has 0 aromatic carbocycles. The molecule has 0 aromatic heterocycles. The quantitative estimate of drug-likeness (QED) is 0.627. The van der Waals surface area contributed by atoms with E-state index in [4.69, 9.17) is 0 Å². The summed E-state index contributed by atoms with van der Waals surface area (Å²) in [6, 6.07) is -0.0321. The first-order valence-corrected chi connectivity index (χ1v) is 5.23. The second-order valence-electron chi connectivity index (χ2n) is 3.84. The molecule has 0 fully saturated rings. The van der Waals surface area contributed by atoms with E-state index in [0.29, 0.717) is 12.5 Å². The minimum atomic E-state index is -0.0321. The summed E-state index contributed by atoms with van der Waals surface area (Å²) in [5.74, 6) is 0.708. The molecular weight excluding hydrogens is 178 g/mol. The minimum Gasteiger partial charge on any atom is -0.337 e. The van der Waals surface area contributed by atoms with Gasteiger partial charge in [0, 0.05) is 27.2 Å². The van der Waals surface area contributed by atoms with Crippen molar-refractivity contribution in [2.45, 2.75) is 20.3 Å². The number of hydrogen-bond donors (Lipinski definition) is 2. The second kappa shape index (κ2) is 7.62. The van der Waals surface area contributed by atoms with Gasteiger partial charge in [0.05, 0.1) is 0 Å². The van der Waals surface area contributed by atoms with Crippen LogP contribution in [0.5, 0.6) is 0 Å². The Bertz CT molecular complexity index is 159. The summed E-state index contributed by atoms with van der Waals surface area (Å²) in [6.07, 6.45) is 1.19. The zero-order chi connectivity index (χ0) is 11.0. The van der Waals surface area contributed by atoms with E-state index in [2.05, 4.69) is 24.5 Å². The van der Waals surface area contributed by atoms with Gasteiger partial charge in [0.2, 0.25) is 0 Å². The van der Waals surface area contributed by atoms with Crippen molar-refractivity contribution in [2.75, 3.05) is 33.7 Å². The molecule has 0 heterocycles. The standard InChI is InChI=1S/C10H23N3O/c1-5-9(2)8-11-6-7-12-10(14)13(3)4/h9,11H,5-8H2,1-4H3,(H,12,14). The Morgan fingerprint density at radius 1 is 1.36 bits per heavy atom. The summed E-state index contributed by atoms with van der Waals surface area (Å²) in [5, 5.41) is 6.10. The van der Waals surface area contributed by atoms with Crippen molar-refractivity contribution in [3.05, 3.63) is 0 Å². The molecule has 0 aliphatic rings. The Morgan fingerprint density at radius 2 is 2.00 bits per heavy atom. The summed E-state index contributed by atoms with van der Waals surface area (Å²) in [5.41, 5.74) is 0. The van der Waals surface area contributed by atoms with E-state index in [1.165, 1.54) is 11.3 Å². The molecule has 0 aromatic rings. The van der Waals surface area contributed by atoms with Gasteiger partial charge in [-0.2, -0.15) is 0 Å². The van der Waals surface area contributed by atoms with Crippen LogP contribution in [0.1, 0.15) is 20.3 Å². The maximum atomic E-state index is 11.1. The van der Waals surface area contributed by atoms with Crippen LogP contribution in [0.4, 0.5) is 4.79 Å². The third-order valence-corrected chi connectivity index (χ3v) is 2.17. The van der Waals surface area contributed by atoms with Gasteiger partial charge in [0.15, 0.2) is 0 Å². The van der Waals surface area contributed by atoms with Crippen LogP contribution < -0.4 is 10.6 Å². The van der Waals surface area contributed by atoms with E-state index in [-0.39, 0.29) is 6.03 Å². The van der Waals surface area contributed by atoms with Crippen LogP contribution in [0.3, 0.4) is 0 Å². The minimum absolute atomic E-state index is 0.0321. The number of carbonyl (C=O) groups is 1. The van der Waals surface area contributed by atoms with E-state index in [1.807, 2.05) is 0 Å². The molecule has 84 valence electrons. The molecule has 0 spiro atoms. The van der Waals surface area contributed by atoms with Gasteiger partial charge in [0.25, 0.3) is 0 Å². The van der Waals surface area contributed by atoms with E-state index < -0.39 is 0 Å². The summed E-state index contributed by atoms with van der Waals surface area (Å²) in [4.78, 5) is 12.6. The van der Waals surface area contributed by atoms with Gasteiger partial charge < -0.3 is 15.5 Å². The first kappa shape index (κ1) is 13.2. The lowest BCUT2D eigenvalue weighted by atomic mass is 10.1. The zero-order valence-electron chi connectivity index (χ0n) is 9.76. The number of rotatable bonds is 6. The fourth-order valence-electron chi connectivity index (χ4n) is 0.909. The smallest absolute Gasteiger partial charge is 0.316 e. The van der Waals surface area contributed by atoms with E-state index >= 15 is 0 Å². The lowest BCUT2D eigenvalue weighted by Gasteiger charge is -2.13. The molecule has 0 radical (unpaired) electrons. The zero-order valence-corrected chi connectivity index (χ0v) is 9.76. The molecule has 1 unspecified atom stereocenters. The van der Waals surface area contributed by atoms with E-state index in [1.54, 1.807) is 14.1 Å². The Balaban J connectivity index is 3.26. The van der Waals surface area contributed by atoms with Crippen LogP contribution >= 0.6 is 0 Å². The lowest BCUT2D eigenvalue weighted by molar-refractivity contribution is 0.217. The highest BCUT2D eigenvalue weighted by molar-refractivity contribution is 5.73. The van der Waals surface area contributed by atoms with Crippen molar-refractivity contribution in [3.63, 3.8) is 0 Å². The van der Waals surface area contributed by atoms with Crippen LogP contribution in [-0.4, -0.2) is 44.7 Å². The van der Waals surface area contributed by atoms with E-state index in [0.717, 1.165) is 13.1 Å². The number of urea groups is 1. The largest absolute Gasteiger partial charge is 0.337 e. The molecule has 14 heavy (non-hydrogen) atoms. The monoisotopic (exact) mass is 201 g/mol. The fraction of sp³-hybridized carbons (Fsp3) is 0.900. The predicted octanol–water partition coefficient (Wildman–Crippen LogP) is 0.893. The van der Waals surface area contributed by atoms with Gasteiger partial charge in [0.1, 0.15) is 0 Å². The maximum absolute atomic E-state index is 11.1. The molecule has 0 rings (SSSR count). The molecule has 2 N–H and O–H groups in total. The van der Waals surface area contributed by atoms with Crippen LogP contribution in [0.25, 0.3) is 0 Å². The van der Waals surface area contributed by atoms with Gasteiger partial charge in [-0.1, -0.05) is 20.3 Å². The number of nitrogens with one attached hydrogen (secondary N) is 2. The summed E-state index contributed by atoms with van der Waals surface area (Å²) in [7, 11) is 3.48.